The molecule has 4 nitrogen and oxygen atoms in total. The van der Waals surface area contributed by atoms with Gasteiger partial charge in [0.25, 0.3) is 5.91 Å². The fourth-order valence-corrected chi connectivity index (χ4v) is 5.22. The van der Waals surface area contributed by atoms with Crippen molar-refractivity contribution in [2.75, 3.05) is 26.2 Å². The Hall–Kier alpha value is -1.53. The Morgan fingerprint density at radius 1 is 1.19 bits per heavy atom. The highest BCUT2D eigenvalue weighted by atomic mass is 35.5. The SMILES string of the molecule is CC(c1cc(Cl)sc1Cl)N1CCN(C(=O)c2cccc3[nH]ccc23)CC1. The lowest BCUT2D eigenvalue weighted by Crippen LogP contribution is -2.49. The second-order valence-electron chi connectivity index (χ2n) is 6.53. The van der Waals surface area contributed by atoms with E-state index in [1.807, 2.05) is 41.4 Å². The molecule has 26 heavy (non-hydrogen) atoms. The molecule has 1 amide bonds. The molecule has 3 heterocycles. The number of aromatic nitrogens is 1. The first-order valence-electron chi connectivity index (χ1n) is 8.59. The van der Waals surface area contributed by atoms with Crippen LogP contribution in [0.25, 0.3) is 10.9 Å². The fraction of sp³-hybridized carbons (Fsp3) is 0.316. The van der Waals surface area contributed by atoms with E-state index in [4.69, 9.17) is 23.2 Å². The van der Waals surface area contributed by atoms with Crippen molar-refractivity contribution in [1.29, 1.82) is 0 Å². The number of aromatic amines is 1. The van der Waals surface area contributed by atoms with Gasteiger partial charge in [-0.2, -0.15) is 0 Å². The van der Waals surface area contributed by atoms with Gasteiger partial charge in [0.2, 0.25) is 0 Å². The molecular formula is C19H19Cl2N3OS. The Labute approximate surface area is 166 Å². The zero-order chi connectivity index (χ0) is 18.3. The van der Waals surface area contributed by atoms with E-state index in [2.05, 4.69) is 16.8 Å². The fourth-order valence-electron chi connectivity index (χ4n) is 3.59. The third kappa shape index (κ3) is 3.25. The lowest BCUT2D eigenvalue weighted by atomic mass is 10.1. The zero-order valence-corrected chi connectivity index (χ0v) is 16.7. The largest absolute Gasteiger partial charge is 0.361 e. The summed E-state index contributed by atoms with van der Waals surface area (Å²) in [4.78, 5) is 20.4. The van der Waals surface area contributed by atoms with E-state index < -0.39 is 0 Å². The maximum Gasteiger partial charge on any atom is 0.254 e. The van der Waals surface area contributed by atoms with Crippen LogP contribution in [0.5, 0.6) is 0 Å². The number of carbonyl (C=O) groups excluding carboxylic acids is 1. The summed E-state index contributed by atoms with van der Waals surface area (Å²) in [6.45, 7) is 5.20. The van der Waals surface area contributed by atoms with Gasteiger partial charge in [0.15, 0.2) is 0 Å². The van der Waals surface area contributed by atoms with E-state index in [0.29, 0.717) is 17.4 Å². The Balaban J connectivity index is 1.46. The zero-order valence-electron chi connectivity index (χ0n) is 14.3. The maximum atomic E-state index is 13.0. The number of thiophene rings is 1. The standard InChI is InChI=1S/C19H19Cl2N3OS/c1-12(15-11-17(20)26-18(15)21)23-7-9-24(10-8-23)19(25)14-3-2-4-16-13(14)5-6-22-16/h2-6,11-12,22H,7-10H2,1H3. The first-order chi connectivity index (χ1) is 12.5. The maximum absolute atomic E-state index is 13.0. The van der Waals surface area contributed by atoms with Gasteiger partial charge in [0.1, 0.15) is 0 Å². The second kappa shape index (κ2) is 7.24. The monoisotopic (exact) mass is 407 g/mol. The van der Waals surface area contributed by atoms with Crippen molar-refractivity contribution >= 4 is 51.3 Å². The normalized spacial score (nSPS) is 17.0. The Morgan fingerprint density at radius 2 is 1.96 bits per heavy atom. The Bertz CT molecular complexity index is 943. The minimum atomic E-state index is 0.0964. The molecule has 1 aliphatic heterocycles. The number of fused-ring (bicyclic) bond motifs is 1. The van der Waals surface area contributed by atoms with Crippen molar-refractivity contribution in [1.82, 2.24) is 14.8 Å². The van der Waals surface area contributed by atoms with E-state index in [1.165, 1.54) is 11.3 Å². The van der Waals surface area contributed by atoms with E-state index in [9.17, 15) is 4.79 Å². The second-order valence-corrected chi connectivity index (χ2v) is 8.81. The van der Waals surface area contributed by atoms with Crippen molar-refractivity contribution in [3.8, 4) is 0 Å². The van der Waals surface area contributed by atoms with Gasteiger partial charge in [-0.15, -0.1) is 11.3 Å². The number of nitrogens with one attached hydrogen (secondary N) is 1. The van der Waals surface area contributed by atoms with Crippen LogP contribution in [0.3, 0.4) is 0 Å². The molecule has 1 aromatic carbocycles. The molecule has 0 radical (unpaired) electrons. The topological polar surface area (TPSA) is 39.3 Å². The first kappa shape index (κ1) is 17.9. The smallest absolute Gasteiger partial charge is 0.254 e. The average Bonchev–Trinajstić information content (AvgIpc) is 3.26. The first-order valence-corrected chi connectivity index (χ1v) is 10.2. The number of amides is 1. The van der Waals surface area contributed by atoms with Crippen molar-refractivity contribution in [2.24, 2.45) is 0 Å². The summed E-state index contributed by atoms with van der Waals surface area (Å²) in [5, 5.41) is 0.980. The predicted molar refractivity (Wildman–Crippen MR) is 109 cm³/mol. The number of carbonyl (C=O) groups is 1. The average molecular weight is 408 g/mol. The molecule has 1 unspecified atom stereocenters. The lowest BCUT2D eigenvalue weighted by Gasteiger charge is -2.38. The summed E-state index contributed by atoms with van der Waals surface area (Å²) in [5.41, 5.74) is 2.82. The Kier molecular flexibility index (Phi) is 4.97. The highest BCUT2D eigenvalue weighted by molar-refractivity contribution is 7.20. The third-order valence-corrected chi connectivity index (χ3v) is 6.63. The minimum Gasteiger partial charge on any atom is -0.361 e. The number of H-pyrrole nitrogens is 1. The summed E-state index contributed by atoms with van der Waals surface area (Å²) < 4.78 is 1.46. The van der Waals surface area contributed by atoms with Crippen molar-refractivity contribution in [3.05, 3.63) is 56.3 Å². The van der Waals surface area contributed by atoms with Gasteiger partial charge >= 0.3 is 0 Å². The van der Waals surface area contributed by atoms with Gasteiger partial charge in [0.05, 0.1) is 8.67 Å². The van der Waals surface area contributed by atoms with Crippen LogP contribution in [0.15, 0.2) is 36.5 Å². The highest BCUT2D eigenvalue weighted by Gasteiger charge is 2.27. The molecule has 0 saturated carbocycles. The molecule has 1 fully saturated rings. The van der Waals surface area contributed by atoms with Crippen LogP contribution < -0.4 is 0 Å². The molecule has 1 atom stereocenters. The predicted octanol–water partition coefficient (Wildman–Crippen LogP) is 5.06. The van der Waals surface area contributed by atoms with Gasteiger partial charge in [-0.3, -0.25) is 9.69 Å². The van der Waals surface area contributed by atoms with Gasteiger partial charge in [0, 0.05) is 60.4 Å². The molecule has 136 valence electrons. The highest BCUT2D eigenvalue weighted by Crippen LogP contribution is 2.37. The van der Waals surface area contributed by atoms with Crippen LogP contribution in [0.4, 0.5) is 0 Å². The van der Waals surface area contributed by atoms with Crippen molar-refractivity contribution in [2.45, 2.75) is 13.0 Å². The Morgan fingerprint density at radius 3 is 2.65 bits per heavy atom. The van der Waals surface area contributed by atoms with E-state index in [1.54, 1.807) is 0 Å². The molecule has 0 aliphatic carbocycles. The minimum absolute atomic E-state index is 0.0964. The lowest BCUT2D eigenvalue weighted by molar-refractivity contribution is 0.0584. The van der Waals surface area contributed by atoms with Gasteiger partial charge in [-0.05, 0) is 31.2 Å². The number of benzene rings is 1. The van der Waals surface area contributed by atoms with Crippen LogP contribution in [0.2, 0.25) is 8.67 Å². The molecular weight excluding hydrogens is 389 g/mol. The van der Waals surface area contributed by atoms with E-state index in [0.717, 1.165) is 39.5 Å². The molecule has 7 heteroatoms. The van der Waals surface area contributed by atoms with Crippen molar-refractivity contribution in [3.63, 3.8) is 0 Å². The quantitative estimate of drug-likeness (QED) is 0.659. The van der Waals surface area contributed by atoms with Crippen molar-refractivity contribution < 1.29 is 4.79 Å². The van der Waals surface area contributed by atoms with Crippen LogP contribution in [0.1, 0.15) is 28.9 Å². The summed E-state index contributed by atoms with van der Waals surface area (Å²) in [6.07, 6.45) is 1.87. The number of halogens is 2. The van der Waals surface area contributed by atoms with Gasteiger partial charge in [-0.25, -0.2) is 0 Å². The molecule has 1 aliphatic rings. The summed E-state index contributed by atoms with van der Waals surface area (Å²) in [6, 6.07) is 9.91. The molecule has 2 aromatic heterocycles. The number of rotatable bonds is 3. The molecule has 1 N–H and O–H groups in total. The molecule has 0 spiro atoms. The van der Waals surface area contributed by atoms with Gasteiger partial charge in [-0.1, -0.05) is 29.3 Å². The van der Waals surface area contributed by atoms with E-state index >= 15 is 0 Å². The molecule has 3 aromatic rings. The number of piperazine rings is 1. The molecule has 0 bridgehead atoms. The van der Waals surface area contributed by atoms with Crippen LogP contribution in [-0.2, 0) is 0 Å². The summed E-state index contributed by atoms with van der Waals surface area (Å²) in [7, 11) is 0. The van der Waals surface area contributed by atoms with E-state index in [-0.39, 0.29) is 11.9 Å². The van der Waals surface area contributed by atoms with Crippen LogP contribution >= 0.6 is 34.5 Å². The van der Waals surface area contributed by atoms with Crippen LogP contribution in [0, 0.1) is 0 Å². The molecule has 1 saturated heterocycles. The van der Waals surface area contributed by atoms with Crippen LogP contribution in [-0.4, -0.2) is 46.9 Å². The number of nitrogens with zero attached hydrogens (tertiary/aromatic N) is 2. The summed E-state index contributed by atoms with van der Waals surface area (Å²) >= 11 is 13.8. The summed E-state index contributed by atoms with van der Waals surface area (Å²) in [5.74, 6) is 0.0964. The van der Waals surface area contributed by atoms with Gasteiger partial charge < -0.3 is 9.88 Å². The third-order valence-electron chi connectivity index (χ3n) is 5.11. The molecule has 4 rings (SSSR count). The number of hydrogen-bond acceptors (Lipinski definition) is 3. The number of hydrogen-bond donors (Lipinski definition) is 1.